The maximum atomic E-state index is 0. The van der Waals surface area contributed by atoms with Crippen molar-refractivity contribution in [1.29, 1.82) is 0 Å². The molecule has 0 N–H and O–H groups in total. The van der Waals surface area contributed by atoms with Gasteiger partial charge in [-0.05, 0) is 0 Å². The average molecular weight is 814 g/mol. The molecule has 0 atom stereocenters. The van der Waals surface area contributed by atoms with E-state index in [9.17, 15) is 0 Å². The van der Waals surface area contributed by atoms with Crippen molar-refractivity contribution in [3.8, 4) is 0 Å². The van der Waals surface area contributed by atoms with Crippen LogP contribution in [0.2, 0.25) is 0 Å². The van der Waals surface area contributed by atoms with E-state index in [4.69, 9.17) is 0 Å². The van der Waals surface area contributed by atoms with E-state index in [0.717, 1.165) is 0 Å². The van der Waals surface area contributed by atoms with E-state index < -0.39 is 0 Å². The Morgan fingerprint density at radius 1 is 0.0714 bits per heavy atom. The molecule has 0 rings (SSSR count). The van der Waals surface area contributed by atoms with Crippen LogP contribution in [0.4, 0.5) is 0 Å². The third-order valence-electron chi connectivity index (χ3n) is 0. The summed E-state index contributed by atoms with van der Waals surface area (Å²) in [6.07, 6.45) is 0. The van der Waals surface area contributed by atoms with Crippen molar-refractivity contribution >= 4 is 0 Å². The van der Waals surface area contributed by atoms with Crippen LogP contribution < -0.4 is 0 Å². The molecule has 0 spiro atoms. The van der Waals surface area contributed by atoms with Crippen LogP contribution in [-0.4, -0.2) is 0 Å². The first kappa shape index (κ1) is 1160. The molecule has 28 heavy (non-hydrogen) atoms. The van der Waals surface area contributed by atoms with Gasteiger partial charge in [0.25, 0.3) is 0 Å². The van der Waals surface area contributed by atoms with Crippen LogP contribution in [0.3, 0.4) is 0 Å². The molecule has 0 amide bonds. The molecule has 0 unspecified atom stereocenters. The Morgan fingerprint density at radius 3 is 0.0714 bits per heavy atom. The summed E-state index contributed by atoms with van der Waals surface area (Å²) in [5.41, 5.74) is 0. The van der Waals surface area contributed by atoms with Gasteiger partial charge in [-0.1, -0.05) is 171 Å². The molecule has 0 saturated heterocycles. The summed E-state index contributed by atoms with van der Waals surface area (Å²) in [7, 11) is 0. The standard InChI is InChI=1S/23CH4.5Y/h23*1H4;;;;;. The Hall–Kier alpha value is 5.52. The van der Waals surface area contributed by atoms with Gasteiger partial charge in [0.2, 0.25) is 0 Å². The second-order valence-electron chi connectivity index (χ2n) is 0. The quantitative estimate of drug-likeness (QED) is 0.229. The Morgan fingerprint density at radius 2 is 0.0714 bits per heavy atom. The van der Waals surface area contributed by atoms with Gasteiger partial charge in [0.15, 0.2) is 0 Å². The van der Waals surface area contributed by atoms with Gasteiger partial charge in [0.1, 0.15) is 0 Å². The average Bonchev–Trinajstić information content (AvgIpc) is 0. The van der Waals surface area contributed by atoms with E-state index in [1.807, 2.05) is 0 Å². The zero-order valence-corrected chi connectivity index (χ0v) is 17.1. The fraction of sp³-hybridized carbons (Fsp3) is 1.00. The summed E-state index contributed by atoms with van der Waals surface area (Å²) < 4.78 is 0. The van der Waals surface area contributed by atoms with Gasteiger partial charge in [-0.25, -0.2) is 0 Å². The summed E-state index contributed by atoms with van der Waals surface area (Å²) in [5.74, 6) is 0. The SMILES string of the molecule is C.C.C.C.C.C.C.C.C.C.C.C.C.C.C.C.C.C.C.C.C.C.C.[Y].[Y].[Y].[Y].[Y]. The molecule has 0 aliphatic heterocycles. The van der Waals surface area contributed by atoms with E-state index in [1.54, 1.807) is 0 Å². The van der Waals surface area contributed by atoms with E-state index in [-0.39, 0.29) is 334 Å². The molecule has 0 aromatic rings. The number of rotatable bonds is 0. The second kappa shape index (κ2) is 1060. The van der Waals surface area contributed by atoms with Crippen LogP contribution >= 0.6 is 0 Å². The first-order chi connectivity index (χ1) is 0. The molecule has 0 aliphatic carbocycles. The maximum Gasteiger partial charge on any atom is 0 e. The molecule has 0 nitrogen and oxygen atoms in total. The molecular weight excluding hydrogens is 721 g/mol. The van der Waals surface area contributed by atoms with Crippen molar-refractivity contribution in [2.75, 3.05) is 0 Å². The number of hydrogen-bond donors (Lipinski definition) is 0. The number of hydrogen-bond acceptors (Lipinski definition) is 0. The molecule has 0 aliphatic rings. The van der Waals surface area contributed by atoms with Gasteiger partial charge in [-0.15, -0.1) is 0 Å². The minimum atomic E-state index is 0. The first-order valence-electron chi connectivity index (χ1n) is 0. The van der Waals surface area contributed by atoms with Crippen molar-refractivity contribution < 1.29 is 164 Å². The monoisotopic (exact) mass is 813 g/mol. The Kier molecular flexibility index (Phi) is 44100. The Bertz CT molecular complexity index is 19.0. The smallest absolute Gasteiger partial charge is 0 e. The summed E-state index contributed by atoms with van der Waals surface area (Å²) in [6, 6.07) is 0. The van der Waals surface area contributed by atoms with Crippen LogP contribution in [0.25, 0.3) is 0 Å². The van der Waals surface area contributed by atoms with Gasteiger partial charge >= 0.3 is 0 Å². The predicted molar refractivity (Wildman–Crippen MR) is 155 cm³/mol. The van der Waals surface area contributed by atoms with Gasteiger partial charge < -0.3 is 0 Å². The fourth-order valence-corrected chi connectivity index (χ4v) is 0. The minimum Gasteiger partial charge on any atom is -0.0776 e. The third-order valence-corrected chi connectivity index (χ3v) is 0. The van der Waals surface area contributed by atoms with Crippen molar-refractivity contribution in [3.05, 3.63) is 0 Å². The molecule has 0 saturated carbocycles. The zero-order valence-electron chi connectivity index (χ0n) is 2.89. The van der Waals surface area contributed by atoms with Gasteiger partial charge in [-0.2, -0.15) is 0 Å². The summed E-state index contributed by atoms with van der Waals surface area (Å²) in [5, 5.41) is 0. The topological polar surface area (TPSA) is 0 Å². The van der Waals surface area contributed by atoms with Crippen molar-refractivity contribution in [3.63, 3.8) is 0 Å². The molecule has 0 bridgehead atoms. The van der Waals surface area contributed by atoms with Crippen molar-refractivity contribution in [2.45, 2.75) is 171 Å². The Labute approximate surface area is 328 Å². The van der Waals surface area contributed by atoms with Crippen LogP contribution in [0.5, 0.6) is 0 Å². The maximum absolute atomic E-state index is 0. The summed E-state index contributed by atoms with van der Waals surface area (Å²) in [4.78, 5) is 0. The van der Waals surface area contributed by atoms with Gasteiger partial charge in [-0.3, -0.25) is 0 Å². The van der Waals surface area contributed by atoms with Crippen LogP contribution in [-0.2, 0) is 164 Å². The van der Waals surface area contributed by atoms with Crippen LogP contribution in [0.1, 0.15) is 171 Å². The Balaban J connectivity index is 0. The normalized spacial score (nSPS) is 0. The van der Waals surface area contributed by atoms with E-state index in [0.29, 0.717) is 0 Å². The summed E-state index contributed by atoms with van der Waals surface area (Å²) >= 11 is 0. The largest absolute Gasteiger partial charge is 0.0776 e. The minimum absolute atomic E-state index is 0. The van der Waals surface area contributed by atoms with E-state index in [2.05, 4.69) is 0 Å². The molecule has 0 fully saturated rings. The molecule has 5 radical (unpaired) electrons. The third kappa shape index (κ3) is 964. The van der Waals surface area contributed by atoms with Gasteiger partial charge in [0.05, 0.1) is 0 Å². The first-order valence-corrected chi connectivity index (χ1v) is 0. The van der Waals surface area contributed by atoms with Crippen molar-refractivity contribution in [1.82, 2.24) is 0 Å². The van der Waals surface area contributed by atoms with E-state index >= 15 is 0 Å². The fourth-order valence-electron chi connectivity index (χ4n) is 0. The molecule has 0 aromatic carbocycles. The molecule has 0 aromatic heterocycles. The molecule has 0 heterocycles. The van der Waals surface area contributed by atoms with Crippen molar-refractivity contribution in [2.24, 2.45) is 0 Å². The van der Waals surface area contributed by atoms with Gasteiger partial charge in [0, 0.05) is 164 Å². The second-order valence-corrected chi connectivity index (χ2v) is 0. The molecular formula is C23H92Y5. The van der Waals surface area contributed by atoms with Crippen LogP contribution in [0.15, 0.2) is 0 Å². The summed E-state index contributed by atoms with van der Waals surface area (Å²) in [6.45, 7) is 0. The molecule has 199 valence electrons. The zero-order chi connectivity index (χ0) is 0. The van der Waals surface area contributed by atoms with Crippen LogP contribution in [0, 0.1) is 0 Å². The van der Waals surface area contributed by atoms with E-state index in [1.165, 1.54) is 0 Å². The molecule has 5 heteroatoms. The predicted octanol–water partition coefficient (Wildman–Crippen LogP) is 14.6.